The Bertz CT molecular complexity index is 1020. The average Bonchev–Trinajstić information content (AvgIpc) is 3.26. The zero-order valence-electron chi connectivity index (χ0n) is 14.4. The van der Waals surface area contributed by atoms with E-state index >= 15 is 0 Å². The smallest absolute Gasteiger partial charge is 0.315 e. The second kappa shape index (κ2) is 7.33. The molecule has 6 heteroatoms. The highest BCUT2D eigenvalue weighted by molar-refractivity contribution is 9.10. The van der Waals surface area contributed by atoms with Crippen LogP contribution in [0.1, 0.15) is 18.1 Å². The molecule has 0 saturated heterocycles. The molecule has 0 atom stereocenters. The first-order chi connectivity index (χ1) is 12.7. The highest BCUT2D eigenvalue weighted by Gasteiger charge is 2.17. The Kier molecular flexibility index (Phi) is 4.75. The monoisotopic (exact) mass is 410 g/mol. The van der Waals surface area contributed by atoms with Crippen LogP contribution in [0.2, 0.25) is 0 Å². The molecule has 2 aromatic heterocycles. The van der Waals surface area contributed by atoms with Crippen molar-refractivity contribution in [3.05, 3.63) is 64.1 Å². The van der Waals surface area contributed by atoms with Gasteiger partial charge in [0.15, 0.2) is 0 Å². The molecule has 0 spiro atoms. The number of fused-ring (bicyclic) bond motifs is 1. The second-order valence-electron chi connectivity index (χ2n) is 6.10. The van der Waals surface area contributed by atoms with Crippen LogP contribution < -0.4 is 5.32 Å². The normalized spacial score (nSPS) is 11.2. The van der Waals surface area contributed by atoms with Crippen molar-refractivity contribution >= 4 is 32.8 Å². The molecule has 2 N–H and O–H groups in total. The van der Waals surface area contributed by atoms with E-state index in [2.05, 4.69) is 67.6 Å². The molecule has 4 aromatic rings. The van der Waals surface area contributed by atoms with Gasteiger partial charge in [-0.2, -0.15) is 0 Å². The number of H-pyrrole nitrogens is 1. The lowest BCUT2D eigenvalue weighted by Gasteiger charge is -2.01. The van der Waals surface area contributed by atoms with E-state index in [0.717, 1.165) is 35.1 Å². The number of aryl methyl sites for hydroxylation is 1. The molecule has 5 nitrogen and oxygen atoms in total. The van der Waals surface area contributed by atoms with Gasteiger partial charge in [-0.1, -0.05) is 58.3 Å². The van der Waals surface area contributed by atoms with Crippen LogP contribution >= 0.6 is 15.9 Å². The number of halogens is 1. The van der Waals surface area contributed by atoms with Crippen molar-refractivity contribution in [3.8, 4) is 11.6 Å². The standard InChI is InChI=1S/C20H19BrN4O/c1-2-15-16-12-14(21)8-9-17(16)23-18(15)19-24-25-20(26-19)22-11-10-13-6-4-3-5-7-13/h3-9,12,23H,2,10-11H2,1H3,(H,22,25). The first kappa shape index (κ1) is 16.8. The lowest BCUT2D eigenvalue weighted by molar-refractivity contribution is 0.578. The Labute approximate surface area is 160 Å². The zero-order chi connectivity index (χ0) is 17.9. The highest BCUT2D eigenvalue weighted by Crippen LogP contribution is 2.32. The Morgan fingerprint density at radius 3 is 2.77 bits per heavy atom. The first-order valence-electron chi connectivity index (χ1n) is 8.66. The number of hydrogen-bond donors (Lipinski definition) is 2. The molecular formula is C20H19BrN4O. The summed E-state index contributed by atoms with van der Waals surface area (Å²) in [5, 5.41) is 12.7. The summed E-state index contributed by atoms with van der Waals surface area (Å²) >= 11 is 3.54. The number of hydrogen-bond acceptors (Lipinski definition) is 4. The van der Waals surface area contributed by atoms with E-state index in [1.807, 2.05) is 24.3 Å². The second-order valence-corrected chi connectivity index (χ2v) is 7.01. The molecule has 0 unspecified atom stereocenters. The number of aromatic amines is 1. The minimum Gasteiger partial charge on any atom is -0.402 e. The summed E-state index contributed by atoms with van der Waals surface area (Å²) in [6, 6.07) is 17.0. The summed E-state index contributed by atoms with van der Waals surface area (Å²) < 4.78 is 6.89. The van der Waals surface area contributed by atoms with E-state index in [-0.39, 0.29) is 0 Å². The van der Waals surface area contributed by atoms with Crippen molar-refractivity contribution in [1.82, 2.24) is 15.2 Å². The van der Waals surface area contributed by atoms with Crippen LogP contribution in [0.5, 0.6) is 0 Å². The Morgan fingerprint density at radius 2 is 1.96 bits per heavy atom. The van der Waals surface area contributed by atoms with Gasteiger partial charge in [-0.05, 0) is 42.2 Å². The van der Waals surface area contributed by atoms with Gasteiger partial charge in [0.25, 0.3) is 5.89 Å². The first-order valence-corrected chi connectivity index (χ1v) is 9.45. The lowest BCUT2D eigenvalue weighted by atomic mass is 10.1. The SMILES string of the molecule is CCc1c(-c2nnc(NCCc3ccccc3)o2)[nH]c2ccc(Br)cc12. The number of nitrogens with zero attached hydrogens (tertiary/aromatic N) is 2. The number of nitrogens with one attached hydrogen (secondary N) is 2. The molecule has 2 heterocycles. The molecule has 0 aliphatic heterocycles. The molecule has 2 aromatic carbocycles. The molecule has 0 amide bonds. The Morgan fingerprint density at radius 1 is 1.12 bits per heavy atom. The van der Waals surface area contributed by atoms with Gasteiger partial charge in [-0.3, -0.25) is 0 Å². The zero-order valence-corrected chi connectivity index (χ0v) is 16.0. The largest absolute Gasteiger partial charge is 0.402 e. The maximum absolute atomic E-state index is 5.83. The fourth-order valence-corrected chi connectivity index (χ4v) is 3.48. The topological polar surface area (TPSA) is 66.7 Å². The van der Waals surface area contributed by atoms with Gasteiger partial charge in [0, 0.05) is 21.9 Å². The summed E-state index contributed by atoms with van der Waals surface area (Å²) in [4.78, 5) is 3.41. The van der Waals surface area contributed by atoms with Gasteiger partial charge < -0.3 is 14.7 Å². The van der Waals surface area contributed by atoms with Crippen LogP contribution in [-0.4, -0.2) is 21.7 Å². The quantitative estimate of drug-likeness (QED) is 0.458. The third kappa shape index (κ3) is 3.37. The number of aromatic nitrogens is 3. The van der Waals surface area contributed by atoms with Crippen molar-refractivity contribution in [2.24, 2.45) is 0 Å². The molecule has 0 saturated carbocycles. The van der Waals surface area contributed by atoms with Crippen LogP contribution in [0.4, 0.5) is 6.01 Å². The van der Waals surface area contributed by atoms with E-state index in [1.165, 1.54) is 16.5 Å². The number of rotatable bonds is 6. The van der Waals surface area contributed by atoms with Gasteiger partial charge in [0.05, 0.1) is 0 Å². The summed E-state index contributed by atoms with van der Waals surface area (Å²) in [5.74, 6) is 0.511. The maximum atomic E-state index is 5.83. The van der Waals surface area contributed by atoms with Crippen LogP contribution in [0, 0.1) is 0 Å². The van der Waals surface area contributed by atoms with E-state index in [1.54, 1.807) is 0 Å². The van der Waals surface area contributed by atoms with Crippen LogP contribution in [0.3, 0.4) is 0 Å². The van der Waals surface area contributed by atoms with Gasteiger partial charge in [-0.25, -0.2) is 0 Å². The van der Waals surface area contributed by atoms with Gasteiger partial charge in [0.2, 0.25) is 0 Å². The highest BCUT2D eigenvalue weighted by atomic mass is 79.9. The average molecular weight is 411 g/mol. The fraction of sp³-hybridized carbons (Fsp3) is 0.200. The summed E-state index contributed by atoms with van der Waals surface area (Å²) in [6.07, 6.45) is 1.78. The molecule has 0 bridgehead atoms. The Balaban J connectivity index is 1.53. The van der Waals surface area contributed by atoms with Crippen molar-refractivity contribution < 1.29 is 4.42 Å². The van der Waals surface area contributed by atoms with Crippen LogP contribution in [-0.2, 0) is 12.8 Å². The van der Waals surface area contributed by atoms with E-state index in [0.29, 0.717) is 11.9 Å². The van der Waals surface area contributed by atoms with Crippen molar-refractivity contribution in [2.45, 2.75) is 19.8 Å². The molecule has 0 radical (unpaired) electrons. The summed E-state index contributed by atoms with van der Waals surface area (Å²) in [7, 11) is 0. The van der Waals surface area contributed by atoms with Gasteiger partial charge in [0.1, 0.15) is 5.69 Å². The minimum absolute atomic E-state index is 0.442. The number of anilines is 1. The fourth-order valence-electron chi connectivity index (χ4n) is 3.12. The van der Waals surface area contributed by atoms with Crippen molar-refractivity contribution in [2.75, 3.05) is 11.9 Å². The third-order valence-corrected chi connectivity index (χ3v) is 4.89. The van der Waals surface area contributed by atoms with Crippen LogP contribution in [0.25, 0.3) is 22.5 Å². The number of benzene rings is 2. The van der Waals surface area contributed by atoms with Gasteiger partial charge >= 0.3 is 6.01 Å². The molecule has 26 heavy (non-hydrogen) atoms. The maximum Gasteiger partial charge on any atom is 0.315 e. The minimum atomic E-state index is 0.442. The van der Waals surface area contributed by atoms with E-state index in [4.69, 9.17) is 4.42 Å². The van der Waals surface area contributed by atoms with Gasteiger partial charge in [-0.15, -0.1) is 5.10 Å². The summed E-state index contributed by atoms with van der Waals surface area (Å²) in [6.45, 7) is 2.87. The van der Waals surface area contributed by atoms with Crippen molar-refractivity contribution in [1.29, 1.82) is 0 Å². The third-order valence-electron chi connectivity index (χ3n) is 4.39. The van der Waals surface area contributed by atoms with Crippen molar-refractivity contribution in [3.63, 3.8) is 0 Å². The molecular weight excluding hydrogens is 392 g/mol. The predicted molar refractivity (Wildman–Crippen MR) is 107 cm³/mol. The predicted octanol–water partition coefficient (Wildman–Crippen LogP) is 5.20. The molecule has 132 valence electrons. The van der Waals surface area contributed by atoms with E-state index < -0.39 is 0 Å². The van der Waals surface area contributed by atoms with Crippen LogP contribution in [0.15, 0.2) is 57.4 Å². The molecule has 4 rings (SSSR count). The molecule has 0 aliphatic carbocycles. The Hall–Kier alpha value is -2.60. The summed E-state index contributed by atoms with van der Waals surface area (Å²) in [5.41, 5.74) is 4.41. The molecule has 0 aliphatic rings. The molecule has 0 fully saturated rings. The lowest BCUT2D eigenvalue weighted by Crippen LogP contribution is -2.04. The van der Waals surface area contributed by atoms with E-state index in [9.17, 15) is 0 Å².